The van der Waals surface area contributed by atoms with Crippen molar-refractivity contribution in [1.29, 1.82) is 0 Å². The first-order valence-electron chi connectivity index (χ1n) is 9.28. The van der Waals surface area contributed by atoms with Crippen molar-refractivity contribution in [3.05, 3.63) is 57.4 Å². The number of aromatic nitrogens is 3. The lowest BCUT2D eigenvalue weighted by molar-refractivity contribution is -0.135. The van der Waals surface area contributed by atoms with Gasteiger partial charge < -0.3 is 4.90 Å². The summed E-state index contributed by atoms with van der Waals surface area (Å²) < 4.78 is 2.56. The highest BCUT2D eigenvalue weighted by Gasteiger charge is 2.30. The molecule has 0 unspecified atom stereocenters. The molecule has 1 fully saturated rings. The molecule has 1 aliphatic rings. The molecule has 0 radical (unpaired) electrons. The molecule has 0 N–H and O–H groups in total. The lowest BCUT2D eigenvalue weighted by Crippen LogP contribution is -2.41. The fourth-order valence-corrected chi connectivity index (χ4v) is 5.60. The summed E-state index contributed by atoms with van der Waals surface area (Å²) in [5, 5.41) is 3.40. The summed E-state index contributed by atoms with van der Waals surface area (Å²) in [6.07, 6.45) is 4.44. The summed E-state index contributed by atoms with van der Waals surface area (Å²) in [7, 11) is 0. The second-order valence-corrected chi connectivity index (χ2v) is 8.89. The number of fused-ring (bicyclic) bond motifs is 2. The minimum atomic E-state index is -0.159. The van der Waals surface area contributed by atoms with Gasteiger partial charge in [-0.05, 0) is 42.8 Å². The summed E-state index contributed by atoms with van der Waals surface area (Å²) in [6.45, 7) is 0.710. The number of hydrogen-bond acceptors (Lipinski definition) is 6. The highest BCUT2D eigenvalue weighted by molar-refractivity contribution is 7.18. The van der Waals surface area contributed by atoms with Crippen molar-refractivity contribution in [3.63, 3.8) is 0 Å². The number of benzene rings is 1. The van der Waals surface area contributed by atoms with E-state index in [0.29, 0.717) is 16.8 Å². The maximum absolute atomic E-state index is 13.1. The van der Waals surface area contributed by atoms with Crippen LogP contribution in [0.5, 0.6) is 0 Å². The van der Waals surface area contributed by atoms with E-state index in [1.165, 1.54) is 22.2 Å². The van der Waals surface area contributed by atoms with Crippen LogP contribution in [0.2, 0.25) is 0 Å². The first-order chi connectivity index (χ1) is 13.7. The molecule has 0 bridgehead atoms. The quantitative estimate of drug-likeness (QED) is 0.515. The number of rotatable bonds is 3. The Morgan fingerprint density at radius 1 is 1.21 bits per heavy atom. The number of carbonyl (C=O) groups is 1. The predicted octanol–water partition coefficient (Wildman–Crippen LogP) is 3.82. The molecular weight excluding hydrogens is 392 g/mol. The molecule has 8 heteroatoms. The molecule has 1 saturated heterocycles. The van der Waals surface area contributed by atoms with Crippen LogP contribution in [0.1, 0.15) is 30.3 Å². The van der Waals surface area contributed by atoms with Crippen LogP contribution in [0.15, 0.2) is 46.8 Å². The molecule has 1 aromatic carbocycles. The van der Waals surface area contributed by atoms with Crippen molar-refractivity contribution < 1.29 is 4.79 Å². The van der Waals surface area contributed by atoms with Gasteiger partial charge >= 0.3 is 0 Å². The van der Waals surface area contributed by atoms with Crippen molar-refractivity contribution in [2.75, 3.05) is 6.54 Å². The average Bonchev–Trinajstić information content (AvgIpc) is 3.37. The van der Waals surface area contributed by atoms with Crippen LogP contribution in [0.3, 0.4) is 0 Å². The van der Waals surface area contributed by atoms with Crippen molar-refractivity contribution in [2.24, 2.45) is 0 Å². The summed E-state index contributed by atoms with van der Waals surface area (Å²) in [6, 6.07) is 9.80. The molecule has 0 saturated carbocycles. The third-order valence-corrected chi connectivity index (χ3v) is 7.13. The first kappa shape index (κ1) is 17.5. The molecule has 1 atom stereocenters. The average molecular weight is 411 g/mol. The van der Waals surface area contributed by atoms with E-state index in [9.17, 15) is 9.59 Å². The Morgan fingerprint density at radius 3 is 3.00 bits per heavy atom. The number of para-hydroxylation sites is 1. The van der Waals surface area contributed by atoms with Crippen molar-refractivity contribution in [3.8, 4) is 0 Å². The molecule has 4 heterocycles. The van der Waals surface area contributed by atoms with Gasteiger partial charge in [-0.1, -0.05) is 12.1 Å². The van der Waals surface area contributed by atoms with Crippen LogP contribution >= 0.6 is 22.7 Å². The SMILES string of the molecule is O=C(Cn1cnc2sccc2c1=O)N1CCCC[C@@H]1c1nc2ccccc2s1. The number of likely N-dealkylation sites (tertiary alicyclic amines) is 1. The van der Waals surface area contributed by atoms with Gasteiger partial charge in [0.05, 0.1) is 28.0 Å². The number of thiazole rings is 1. The van der Waals surface area contributed by atoms with Gasteiger partial charge in [-0.3, -0.25) is 14.2 Å². The zero-order chi connectivity index (χ0) is 19.1. The smallest absolute Gasteiger partial charge is 0.262 e. The van der Waals surface area contributed by atoms with Gasteiger partial charge in [-0.2, -0.15) is 0 Å². The normalized spacial score (nSPS) is 17.4. The fraction of sp³-hybridized carbons (Fsp3) is 0.300. The van der Waals surface area contributed by atoms with E-state index in [1.54, 1.807) is 17.4 Å². The molecule has 3 aromatic heterocycles. The lowest BCUT2D eigenvalue weighted by Gasteiger charge is -2.34. The van der Waals surface area contributed by atoms with Crippen LogP contribution in [0.4, 0.5) is 0 Å². The molecular formula is C20H18N4O2S2. The third kappa shape index (κ3) is 3.02. The van der Waals surface area contributed by atoms with Crippen LogP contribution in [0.25, 0.3) is 20.4 Å². The van der Waals surface area contributed by atoms with Crippen molar-refractivity contribution in [2.45, 2.75) is 31.8 Å². The summed E-state index contributed by atoms with van der Waals surface area (Å²) in [5.41, 5.74) is 0.817. The van der Waals surface area contributed by atoms with Crippen LogP contribution in [-0.2, 0) is 11.3 Å². The van der Waals surface area contributed by atoms with Crippen molar-refractivity contribution in [1.82, 2.24) is 19.4 Å². The molecule has 0 spiro atoms. The standard InChI is InChI=1S/C20H18N4O2S2/c25-17(11-23-12-21-18-13(20(23)26)8-10-27-18)24-9-4-3-6-15(24)19-22-14-5-1-2-7-16(14)28-19/h1-2,5,7-8,10,12,15H,3-4,6,9,11H2/t15-/m1/s1. The summed E-state index contributed by atoms with van der Waals surface area (Å²) in [5.74, 6) is -0.0533. The van der Waals surface area contributed by atoms with E-state index < -0.39 is 0 Å². The Bertz CT molecular complexity index is 1190. The Morgan fingerprint density at radius 2 is 2.11 bits per heavy atom. The Labute approximate surface area is 169 Å². The largest absolute Gasteiger partial charge is 0.332 e. The van der Waals surface area contributed by atoms with Crippen LogP contribution in [0, 0.1) is 0 Å². The van der Waals surface area contributed by atoms with Gasteiger partial charge in [-0.25, -0.2) is 9.97 Å². The zero-order valence-corrected chi connectivity index (χ0v) is 16.7. The second kappa shape index (κ2) is 7.10. The Balaban J connectivity index is 1.44. The number of hydrogen-bond donors (Lipinski definition) is 0. The first-order valence-corrected chi connectivity index (χ1v) is 11.0. The van der Waals surface area contributed by atoms with Gasteiger partial charge in [-0.15, -0.1) is 22.7 Å². The van der Waals surface area contributed by atoms with E-state index in [2.05, 4.69) is 11.1 Å². The Hall–Kier alpha value is -2.58. The van der Waals surface area contributed by atoms with Crippen LogP contribution < -0.4 is 5.56 Å². The molecule has 0 aliphatic carbocycles. The minimum Gasteiger partial charge on any atom is -0.332 e. The molecule has 5 rings (SSSR count). The maximum atomic E-state index is 13.1. The second-order valence-electron chi connectivity index (χ2n) is 6.94. The fourth-order valence-electron chi connectivity index (χ4n) is 3.76. The monoisotopic (exact) mass is 410 g/mol. The van der Waals surface area contributed by atoms with Crippen molar-refractivity contribution >= 4 is 49.0 Å². The molecule has 28 heavy (non-hydrogen) atoms. The number of carbonyl (C=O) groups excluding carboxylic acids is 1. The molecule has 1 amide bonds. The molecule has 142 valence electrons. The minimum absolute atomic E-state index is 0.0129. The third-order valence-electron chi connectivity index (χ3n) is 5.17. The number of thiophene rings is 1. The Kier molecular flexibility index (Phi) is 4.44. The van der Waals surface area contributed by atoms with Gasteiger partial charge in [0.1, 0.15) is 16.4 Å². The molecule has 4 aromatic rings. The number of piperidine rings is 1. The summed E-state index contributed by atoms with van der Waals surface area (Å²) >= 11 is 3.08. The van der Waals surface area contributed by atoms with Gasteiger partial charge in [0.25, 0.3) is 5.56 Å². The van der Waals surface area contributed by atoms with E-state index in [4.69, 9.17) is 4.98 Å². The lowest BCUT2D eigenvalue weighted by atomic mass is 10.0. The number of amides is 1. The van der Waals surface area contributed by atoms with Gasteiger partial charge in [0, 0.05) is 6.54 Å². The van der Waals surface area contributed by atoms with E-state index >= 15 is 0 Å². The number of nitrogens with zero attached hydrogens (tertiary/aromatic N) is 4. The topological polar surface area (TPSA) is 68.1 Å². The molecule has 6 nitrogen and oxygen atoms in total. The zero-order valence-electron chi connectivity index (χ0n) is 15.1. The molecule has 1 aliphatic heterocycles. The van der Waals surface area contributed by atoms with Crippen LogP contribution in [-0.4, -0.2) is 31.9 Å². The highest BCUT2D eigenvalue weighted by atomic mass is 32.1. The van der Waals surface area contributed by atoms with E-state index in [-0.39, 0.29) is 24.1 Å². The summed E-state index contributed by atoms with van der Waals surface area (Å²) in [4.78, 5) is 37.4. The van der Waals surface area contributed by atoms with E-state index in [0.717, 1.165) is 34.5 Å². The van der Waals surface area contributed by atoms with Gasteiger partial charge in [0.2, 0.25) is 5.91 Å². The highest BCUT2D eigenvalue weighted by Crippen LogP contribution is 2.35. The predicted molar refractivity (Wildman–Crippen MR) is 112 cm³/mol. The van der Waals surface area contributed by atoms with E-state index in [1.807, 2.05) is 28.5 Å². The van der Waals surface area contributed by atoms with Gasteiger partial charge in [0.15, 0.2) is 0 Å². The maximum Gasteiger partial charge on any atom is 0.262 e.